The van der Waals surface area contributed by atoms with Gasteiger partial charge < -0.3 is 5.32 Å². The molecule has 144 valence electrons. The van der Waals surface area contributed by atoms with Gasteiger partial charge in [0.05, 0.1) is 16.9 Å². The van der Waals surface area contributed by atoms with Crippen LogP contribution in [0.1, 0.15) is 30.5 Å². The van der Waals surface area contributed by atoms with Crippen LogP contribution in [-0.4, -0.2) is 33.2 Å². The summed E-state index contributed by atoms with van der Waals surface area (Å²) >= 11 is 0. The Morgan fingerprint density at radius 3 is 2.48 bits per heavy atom. The number of fused-ring (bicyclic) bond motifs is 1. The number of nitrogens with one attached hydrogen (secondary N) is 1. The lowest BCUT2D eigenvalue weighted by molar-refractivity contribution is -0.125. The van der Waals surface area contributed by atoms with Crippen LogP contribution in [0.5, 0.6) is 0 Å². The zero-order chi connectivity index (χ0) is 19.7. The largest absolute Gasteiger partial charge is 0.354 e. The maximum Gasteiger partial charge on any atom is 0.236 e. The first-order chi connectivity index (χ1) is 12.7. The second-order valence-corrected chi connectivity index (χ2v) is 9.53. The van der Waals surface area contributed by atoms with E-state index in [1.807, 2.05) is 69.3 Å². The molecule has 0 saturated carbocycles. The summed E-state index contributed by atoms with van der Waals surface area (Å²) in [6.45, 7) is 6.24. The lowest BCUT2D eigenvalue weighted by atomic mass is 9.83. The van der Waals surface area contributed by atoms with Crippen molar-refractivity contribution in [3.8, 4) is 0 Å². The van der Waals surface area contributed by atoms with E-state index in [4.69, 9.17) is 0 Å². The highest BCUT2D eigenvalue weighted by atomic mass is 32.2. The molecule has 1 N–H and O–H groups in total. The molecule has 0 unspecified atom stereocenters. The standard InChI is InChI=1S/C21H26N2O3S/c1-16-8-10-18(11-9-16)21(2,3)20(24)22-13-15-27(25,26)23-14-12-17-6-4-5-7-19(17)23/h4-11H,12-15H2,1-3H3,(H,22,24). The van der Waals surface area contributed by atoms with E-state index in [0.29, 0.717) is 6.54 Å². The van der Waals surface area contributed by atoms with Gasteiger partial charge in [-0.1, -0.05) is 48.0 Å². The lowest BCUT2D eigenvalue weighted by Gasteiger charge is -2.25. The topological polar surface area (TPSA) is 66.5 Å². The molecular formula is C21H26N2O3S. The molecule has 0 radical (unpaired) electrons. The summed E-state index contributed by atoms with van der Waals surface area (Å²) in [5.74, 6) is -0.291. The molecular weight excluding hydrogens is 360 g/mol. The number of anilines is 1. The Labute approximate surface area is 161 Å². The average Bonchev–Trinajstić information content (AvgIpc) is 3.07. The number of sulfonamides is 1. The molecule has 5 nitrogen and oxygen atoms in total. The van der Waals surface area contributed by atoms with Gasteiger partial charge in [0.1, 0.15) is 0 Å². The molecule has 3 rings (SSSR count). The summed E-state index contributed by atoms with van der Waals surface area (Å²) in [6, 6.07) is 15.4. The summed E-state index contributed by atoms with van der Waals surface area (Å²) in [5, 5.41) is 2.79. The van der Waals surface area contributed by atoms with Gasteiger partial charge in [0.25, 0.3) is 0 Å². The second kappa shape index (κ2) is 7.35. The van der Waals surface area contributed by atoms with Gasteiger partial charge in [0, 0.05) is 13.1 Å². The van der Waals surface area contributed by atoms with Crippen LogP contribution in [0.3, 0.4) is 0 Å². The zero-order valence-electron chi connectivity index (χ0n) is 16.0. The summed E-state index contributed by atoms with van der Waals surface area (Å²) in [7, 11) is -3.47. The van der Waals surface area contributed by atoms with Crippen molar-refractivity contribution in [3.05, 3.63) is 65.2 Å². The van der Waals surface area contributed by atoms with E-state index in [9.17, 15) is 13.2 Å². The SMILES string of the molecule is Cc1ccc(C(C)(C)C(=O)NCCS(=O)(=O)N2CCc3ccccc32)cc1. The quantitative estimate of drug-likeness (QED) is 0.830. The maximum atomic E-state index is 12.7. The number of benzene rings is 2. The molecule has 2 aromatic rings. The Balaban J connectivity index is 1.62. The van der Waals surface area contributed by atoms with Gasteiger partial charge in [-0.3, -0.25) is 9.10 Å². The molecule has 1 aliphatic heterocycles. The van der Waals surface area contributed by atoms with Gasteiger partial charge in [-0.05, 0) is 44.4 Å². The number of nitrogens with zero attached hydrogens (tertiary/aromatic N) is 1. The van der Waals surface area contributed by atoms with Crippen LogP contribution in [0.4, 0.5) is 5.69 Å². The minimum absolute atomic E-state index is 0.0924. The third-order valence-corrected chi connectivity index (χ3v) is 6.94. The Kier molecular flexibility index (Phi) is 5.29. The number of hydrogen-bond donors (Lipinski definition) is 1. The van der Waals surface area contributed by atoms with Crippen LogP contribution in [0, 0.1) is 6.92 Å². The van der Waals surface area contributed by atoms with Gasteiger partial charge in [-0.25, -0.2) is 8.42 Å². The monoisotopic (exact) mass is 386 g/mol. The van der Waals surface area contributed by atoms with E-state index in [1.54, 1.807) is 0 Å². The highest BCUT2D eigenvalue weighted by Gasteiger charge is 2.31. The molecule has 2 aromatic carbocycles. The molecule has 0 spiro atoms. The molecule has 0 aromatic heterocycles. The third-order valence-electron chi connectivity index (χ3n) is 5.17. The fourth-order valence-corrected chi connectivity index (χ4v) is 4.75. The molecule has 1 aliphatic rings. The molecule has 0 bridgehead atoms. The first kappa shape index (κ1) is 19.4. The van der Waals surface area contributed by atoms with Gasteiger partial charge in [0.15, 0.2) is 0 Å². The van der Waals surface area contributed by atoms with Crippen molar-refractivity contribution in [2.24, 2.45) is 0 Å². The van der Waals surface area contributed by atoms with Crippen LogP contribution in [0.15, 0.2) is 48.5 Å². The molecule has 0 atom stereocenters. The van der Waals surface area contributed by atoms with Gasteiger partial charge in [-0.15, -0.1) is 0 Å². The van der Waals surface area contributed by atoms with E-state index in [2.05, 4.69) is 5.32 Å². The van der Waals surface area contributed by atoms with Crippen molar-refractivity contribution < 1.29 is 13.2 Å². The van der Waals surface area contributed by atoms with Crippen LogP contribution >= 0.6 is 0 Å². The predicted molar refractivity (Wildman–Crippen MR) is 108 cm³/mol. The van der Waals surface area contributed by atoms with Crippen molar-refractivity contribution >= 4 is 21.6 Å². The fraction of sp³-hybridized carbons (Fsp3) is 0.381. The van der Waals surface area contributed by atoms with E-state index < -0.39 is 15.4 Å². The van der Waals surface area contributed by atoms with E-state index >= 15 is 0 Å². The maximum absolute atomic E-state index is 12.7. The summed E-state index contributed by atoms with van der Waals surface area (Å²) < 4.78 is 26.9. The average molecular weight is 387 g/mol. The number of carbonyl (C=O) groups is 1. The Morgan fingerprint density at radius 1 is 1.11 bits per heavy atom. The smallest absolute Gasteiger partial charge is 0.236 e. The van der Waals surface area contributed by atoms with Gasteiger partial charge in [-0.2, -0.15) is 0 Å². The molecule has 6 heteroatoms. The predicted octanol–water partition coefficient (Wildman–Crippen LogP) is 2.78. The number of rotatable bonds is 6. The highest BCUT2D eigenvalue weighted by molar-refractivity contribution is 7.92. The zero-order valence-corrected chi connectivity index (χ0v) is 16.8. The van der Waals surface area contributed by atoms with E-state index in [0.717, 1.165) is 28.8 Å². The Bertz CT molecular complexity index is 934. The summed E-state index contributed by atoms with van der Waals surface area (Å²) in [5.41, 5.74) is 3.11. The van der Waals surface area contributed by atoms with Crippen molar-refractivity contribution in [2.45, 2.75) is 32.6 Å². The molecule has 0 saturated heterocycles. The van der Waals surface area contributed by atoms with Crippen molar-refractivity contribution in [1.29, 1.82) is 0 Å². The van der Waals surface area contributed by atoms with Crippen LogP contribution in [-0.2, 0) is 26.7 Å². The first-order valence-electron chi connectivity index (χ1n) is 9.15. The van der Waals surface area contributed by atoms with Gasteiger partial charge >= 0.3 is 0 Å². The fourth-order valence-electron chi connectivity index (χ4n) is 3.32. The molecule has 27 heavy (non-hydrogen) atoms. The van der Waals surface area contributed by atoms with Crippen molar-refractivity contribution in [2.75, 3.05) is 23.1 Å². The number of hydrogen-bond acceptors (Lipinski definition) is 3. The van der Waals surface area contributed by atoms with E-state index in [-0.39, 0.29) is 18.2 Å². The number of carbonyl (C=O) groups excluding carboxylic acids is 1. The third kappa shape index (κ3) is 4.00. The van der Waals surface area contributed by atoms with Gasteiger partial charge in [0.2, 0.25) is 15.9 Å². The molecule has 1 heterocycles. The van der Waals surface area contributed by atoms with Crippen LogP contribution < -0.4 is 9.62 Å². The first-order valence-corrected chi connectivity index (χ1v) is 10.8. The highest BCUT2D eigenvalue weighted by Crippen LogP contribution is 2.30. The second-order valence-electron chi connectivity index (χ2n) is 7.51. The summed E-state index contributed by atoms with van der Waals surface area (Å²) in [6.07, 6.45) is 0.724. The summed E-state index contributed by atoms with van der Waals surface area (Å²) in [4.78, 5) is 12.6. The normalized spacial score (nSPS) is 14.1. The molecule has 0 fully saturated rings. The number of para-hydroxylation sites is 1. The van der Waals surface area contributed by atoms with Crippen molar-refractivity contribution in [3.63, 3.8) is 0 Å². The minimum Gasteiger partial charge on any atom is -0.354 e. The Hall–Kier alpha value is -2.34. The van der Waals surface area contributed by atoms with Crippen LogP contribution in [0.2, 0.25) is 0 Å². The molecule has 1 amide bonds. The lowest BCUT2D eigenvalue weighted by Crippen LogP contribution is -2.43. The Morgan fingerprint density at radius 2 is 1.78 bits per heavy atom. The number of amides is 1. The van der Waals surface area contributed by atoms with E-state index in [1.165, 1.54) is 4.31 Å². The van der Waals surface area contributed by atoms with Crippen molar-refractivity contribution in [1.82, 2.24) is 5.32 Å². The number of aryl methyl sites for hydroxylation is 1. The molecule has 0 aliphatic carbocycles. The minimum atomic E-state index is -3.47. The van der Waals surface area contributed by atoms with Crippen LogP contribution in [0.25, 0.3) is 0 Å².